The van der Waals surface area contributed by atoms with Gasteiger partial charge in [0.1, 0.15) is 11.6 Å². The molecule has 0 spiro atoms. The predicted molar refractivity (Wildman–Crippen MR) is 75.0 cm³/mol. The molecule has 2 N–H and O–H groups in total. The molecule has 0 aliphatic rings. The highest BCUT2D eigenvalue weighted by molar-refractivity contribution is 5.81. The number of carbonyl (C=O) groups excluding carboxylic acids is 1. The minimum absolute atomic E-state index is 0.0676. The minimum Gasteiger partial charge on any atom is -0.481 e. The maximum absolute atomic E-state index is 13.2. The first-order valence-corrected chi connectivity index (χ1v) is 6.79. The minimum atomic E-state index is -0.870. The summed E-state index contributed by atoms with van der Waals surface area (Å²) in [4.78, 5) is 11.9. The molecule has 20 heavy (non-hydrogen) atoms. The molecule has 1 rings (SSSR count). The summed E-state index contributed by atoms with van der Waals surface area (Å²) in [6, 6.07) is 3.93. The Morgan fingerprint density at radius 1 is 1.40 bits per heavy atom. The standard InChI is InChI=1S/C15H22FNO3/c1-5-9(2)17-15(19)11(4)20-14-7-6-12(16)8-13(14)10(3)18/h6-11,18H,5H2,1-4H3,(H,17,19). The Kier molecular flexibility index (Phi) is 5.95. The molecule has 0 aromatic heterocycles. The molecule has 0 radical (unpaired) electrons. The number of carbonyl (C=O) groups is 1. The lowest BCUT2D eigenvalue weighted by molar-refractivity contribution is -0.127. The lowest BCUT2D eigenvalue weighted by Crippen LogP contribution is -2.41. The monoisotopic (exact) mass is 283 g/mol. The zero-order valence-electron chi connectivity index (χ0n) is 12.3. The van der Waals surface area contributed by atoms with Crippen LogP contribution in [0, 0.1) is 5.82 Å². The van der Waals surface area contributed by atoms with Crippen LogP contribution in [-0.2, 0) is 4.79 Å². The van der Waals surface area contributed by atoms with Crippen molar-refractivity contribution in [2.24, 2.45) is 0 Å². The molecular weight excluding hydrogens is 261 g/mol. The number of amides is 1. The van der Waals surface area contributed by atoms with Crippen molar-refractivity contribution in [2.45, 2.75) is 52.4 Å². The van der Waals surface area contributed by atoms with Gasteiger partial charge in [0, 0.05) is 11.6 Å². The van der Waals surface area contributed by atoms with E-state index in [2.05, 4.69) is 5.32 Å². The summed E-state index contributed by atoms with van der Waals surface area (Å²) >= 11 is 0. The molecular formula is C15H22FNO3. The summed E-state index contributed by atoms with van der Waals surface area (Å²) < 4.78 is 18.7. The molecule has 1 aromatic rings. The van der Waals surface area contributed by atoms with Crippen LogP contribution >= 0.6 is 0 Å². The lowest BCUT2D eigenvalue weighted by Gasteiger charge is -2.20. The van der Waals surface area contributed by atoms with Gasteiger partial charge in [-0.05, 0) is 45.4 Å². The Hall–Kier alpha value is -1.62. The number of aliphatic hydroxyl groups is 1. The van der Waals surface area contributed by atoms with Crippen molar-refractivity contribution in [2.75, 3.05) is 0 Å². The van der Waals surface area contributed by atoms with Crippen LogP contribution in [0.5, 0.6) is 5.75 Å². The molecule has 1 aromatic carbocycles. The Labute approximate surface area is 119 Å². The molecule has 0 aliphatic heterocycles. The SMILES string of the molecule is CCC(C)NC(=O)C(C)Oc1ccc(F)cc1C(C)O. The number of aliphatic hydroxyl groups excluding tert-OH is 1. The van der Waals surface area contributed by atoms with Crippen molar-refractivity contribution in [1.29, 1.82) is 0 Å². The Bertz CT molecular complexity index is 462. The topological polar surface area (TPSA) is 58.6 Å². The highest BCUT2D eigenvalue weighted by Gasteiger charge is 2.19. The van der Waals surface area contributed by atoms with Gasteiger partial charge in [-0.25, -0.2) is 4.39 Å². The van der Waals surface area contributed by atoms with Crippen LogP contribution < -0.4 is 10.1 Å². The molecule has 0 fully saturated rings. The van der Waals surface area contributed by atoms with Crippen molar-refractivity contribution in [3.63, 3.8) is 0 Å². The fraction of sp³-hybridized carbons (Fsp3) is 0.533. The molecule has 0 heterocycles. The third-order valence-corrected chi connectivity index (χ3v) is 3.10. The van der Waals surface area contributed by atoms with E-state index in [1.807, 2.05) is 13.8 Å². The number of rotatable bonds is 6. The summed E-state index contributed by atoms with van der Waals surface area (Å²) in [5.41, 5.74) is 0.327. The van der Waals surface area contributed by atoms with Crippen molar-refractivity contribution in [3.8, 4) is 5.75 Å². The van der Waals surface area contributed by atoms with E-state index in [1.165, 1.54) is 25.1 Å². The summed E-state index contributed by atoms with van der Waals surface area (Å²) in [6.07, 6.45) is -0.758. The summed E-state index contributed by atoms with van der Waals surface area (Å²) in [5.74, 6) is -0.377. The summed E-state index contributed by atoms with van der Waals surface area (Å²) in [5, 5.41) is 12.4. The first kappa shape index (κ1) is 16.4. The second kappa shape index (κ2) is 7.24. The van der Waals surface area contributed by atoms with Gasteiger partial charge in [-0.3, -0.25) is 4.79 Å². The summed E-state index contributed by atoms with van der Waals surface area (Å²) in [6.45, 7) is 7.02. The van der Waals surface area contributed by atoms with Gasteiger partial charge in [0.05, 0.1) is 6.10 Å². The molecule has 0 saturated carbocycles. The van der Waals surface area contributed by atoms with E-state index < -0.39 is 18.0 Å². The van der Waals surface area contributed by atoms with Gasteiger partial charge in [0.15, 0.2) is 6.10 Å². The van der Waals surface area contributed by atoms with Crippen LogP contribution in [0.4, 0.5) is 4.39 Å². The third-order valence-electron chi connectivity index (χ3n) is 3.10. The van der Waals surface area contributed by atoms with Crippen LogP contribution in [0.1, 0.15) is 45.8 Å². The average molecular weight is 283 g/mol. The second-order valence-electron chi connectivity index (χ2n) is 4.94. The maximum Gasteiger partial charge on any atom is 0.260 e. The fourth-order valence-corrected chi connectivity index (χ4v) is 1.66. The lowest BCUT2D eigenvalue weighted by atomic mass is 10.1. The molecule has 112 valence electrons. The van der Waals surface area contributed by atoms with Crippen LogP contribution in [0.25, 0.3) is 0 Å². The van der Waals surface area contributed by atoms with Crippen molar-refractivity contribution in [3.05, 3.63) is 29.6 Å². The first-order valence-electron chi connectivity index (χ1n) is 6.79. The van der Waals surface area contributed by atoms with Crippen LogP contribution in [0.15, 0.2) is 18.2 Å². The second-order valence-corrected chi connectivity index (χ2v) is 4.94. The van der Waals surface area contributed by atoms with Crippen molar-refractivity contribution >= 4 is 5.91 Å². The van der Waals surface area contributed by atoms with E-state index in [9.17, 15) is 14.3 Å². The van der Waals surface area contributed by atoms with Crippen LogP contribution in [0.3, 0.4) is 0 Å². The number of halogens is 1. The zero-order chi connectivity index (χ0) is 15.3. The average Bonchev–Trinajstić information content (AvgIpc) is 2.40. The number of nitrogens with one attached hydrogen (secondary N) is 1. The first-order chi connectivity index (χ1) is 9.35. The van der Waals surface area contributed by atoms with Gasteiger partial charge in [0.25, 0.3) is 5.91 Å². The molecule has 0 aliphatic carbocycles. The van der Waals surface area contributed by atoms with Gasteiger partial charge in [-0.2, -0.15) is 0 Å². The van der Waals surface area contributed by atoms with Crippen molar-refractivity contribution in [1.82, 2.24) is 5.32 Å². The van der Waals surface area contributed by atoms with Crippen molar-refractivity contribution < 1.29 is 19.0 Å². The van der Waals surface area contributed by atoms with Gasteiger partial charge >= 0.3 is 0 Å². The highest BCUT2D eigenvalue weighted by atomic mass is 19.1. The van der Waals surface area contributed by atoms with E-state index in [0.29, 0.717) is 11.3 Å². The largest absolute Gasteiger partial charge is 0.481 e. The van der Waals surface area contributed by atoms with Gasteiger partial charge in [-0.1, -0.05) is 6.92 Å². The maximum atomic E-state index is 13.2. The molecule has 5 heteroatoms. The van der Waals surface area contributed by atoms with Gasteiger partial charge < -0.3 is 15.2 Å². The molecule has 3 atom stereocenters. The van der Waals surface area contributed by atoms with Gasteiger partial charge in [0.2, 0.25) is 0 Å². The number of ether oxygens (including phenoxy) is 1. The molecule has 3 unspecified atom stereocenters. The quantitative estimate of drug-likeness (QED) is 0.843. The highest BCUT2D eigenvalue weighted by Crippen LogP contribution is 2.26. The van der Waals surface area contributed by atoms with E-state index in [1.54, 1.807) is 6.92 Å². The van der Waals surface area contributed by atoms with Gasteiger partial charge in [-0.15, -0.1) is 0 Å². The molecule has 0 bridgehead atoms. The van der Waals surface area contributed by atoms with E-state index in [0.717, 1.165) is 6.42 Å². The predicted octanol–water partition coefficient (Wildman–Crippen LogP) is 2.56. The molecule has 4 nitrogen and oxygen atoms in total. The zero-order valence-corrected chi connectivity index (χ0v) is 12.3. The number of benzene rings is 1. The third kappa shape index (κ3) is 4.49. The van der Waals surface area contributed by atoms with E-state index in [4.69, 9.17) is 4.74 Å². The smallest absolute Gasteiger partial charge is 0.260 e. The number of hydrogen-bond acceptors (Lipinski definition) is 3. The van der Waals surface area contributed by atoms with E-state index in [-0.39, 0.29) is 11.9 Å². The fourth-order valence-electron chi connectivity index (χ4n) is 1.66. The summed E-state index contributed by atoms with van der Waals surface area (Å²) in [7, 11) is 0. The normalized spacial score (nSPS) is 15.3. The van der Waals surface area contributed by atoms with Crippen LogP contribution in [0.2, 0.25) is 0 Å². The molecule has 1 amide bonds. The van der Waals surface area contributed by atoms with E-state index >= 15 is 0 Å². The van der Waals surface area contributed by atoms with Crippen LogP contribution in [-0.4, -0.2) is 23.2 Å². The Morgan fingerprint density at radius 3 is 2.60 bits per heavy atom. The Balaban J connectivity index is 2.80. The molecule has 0 saturated heterocycles. The Morgan fingerprint density at radius 2 is 2.05 bits per heavy atom. The number of hydrogen-bond donors (Lipinski definition) is 2.